The van der Waals surface area contributed by atoms with E-state index in [0.717, 1.165) is 43.7 Å². The lowest BCUT2D eigenvalue weighted by Crippen LogP contribution is -2.50. The molecule has 1 aromatic rings. The molecule has 1 atom stereocenters. The molecule has 0 radical (unpaired) electrons. The number of aryl methyl sites for hydroxylation is 1. The fourth-order valence-corrected chi connectivity index (χ4v) is 6.06. The number of likely N-dealkylation sites (tertiary alicyclic amines) is 1. The van der Waals surface area contributed by atoms with E-state index in [-0.39, 0.29) is 11.2 Å². The van der Waals surface area contributed by atoms with Crippen molar-refractivity contribution in [1.82, 2.24) is 4.90 Å². The number of hydrogen-bond acceptors (Lipinski definition) is 2. The molecule has 0 aromatic heterocycles. The maximum absolute atomic E-state index is 13.8. The maximum atomic E-state index is 13.8. The first kappa shape index (κ1) is 17.4. The third-order valence-corrected chi connectivity index (χ3v) is 8.20. The standard InChI is InChI=1S/C21H28FNOS/c1-15-3-4-16(13-18(15)22)25-17-5-12-23(14-17)19(24)21-9-6-20(2,7-10-21)8-11-21/h3-4,13,17H,5-12,14H2,1-2H3. The van der Waals surface area contributed by atoms with E-state index >= 15 is 0 Å². The molecule has 1 saturated heterocycles. The molecule has 2 bridgehead atoms. The van der Waals surface area contributed by atoms with Crippen molar-refractivity contribution < 1.29 is 9.18 Å². The minimum absolute atomic E-state index is 0.0622. The number of thioether (sulfide) groups is 1. The molecule has 1 amide bonds. The van der Waals surface area contributed by atoms with E-state index in [9.17, 15) is 9.18 Å². The molecule has 0 spiro atoms. The SMILES string of the molecule is Cc1ccc(SC2CCN(C(=O)C34CCC(C)(CC3)CC4)C2)cc1F. The summed E-state index contributed by atoms with van der Waals surface area (Å²) in [6.45, 7) is 5.87. The Morgan fingerprint density at radius 2 is 1.88 bits per heavy atom. The zero-order valence-electron chi connectivity index (χ0n) is 15.3. The molecule has 4 aliphatic rings. The van der Waals surface area contributed by atoms with Gasteiger partial charge < -0.3 is 4.90 Å². The van der Waals surface area contributed by atoms with E-state index in [1.54, 1.807) is 24.8 Å². The summed E-state index contributed by atoms with van der Waals surface area (Å²) in [4.78, 5) is 16.3. The zero-order chi connectivity index (χ0) is 17.7. The largest absolute Gasteiger partial charge is 0.341 e. The van der Waals surface area contributed by atoms with E-state index in [4.69, 9.17) is 0 Å². The molecule has 1 heterocycles. The Morgan fingerprint density at radius 1 is 1.20 bits per heavy atom. The van der Waals surface area contributed by atoms with Crippen LogP contribution < -0.4 is 0 Å². The van der Waals surface area contributed by atoms with Crippen LogP contribution >= 0.6 is 11.8 Å². The Morgan fingerprint density at radius 3 is 2.52 bits per heavy atom. The third-order valence-electron chi connectivity index (χ3n) is 6.95. The summed E-state index contributed by atoms with van der Waals surface area (Å²) in [5.74, 6) is 0.273. The van der Waals surface area contributed by atoms with E-state index in [1.165, 1.54) is 19.3 Å². The van der Waals surface area contributed by atoms with Crippen molar-refractivity contribution >= 4 is 17.7 Å². The molecular weight excluding hydrogens is 333 g/mol. The number of halogens is 1. The van der Waals surface area contributed by atoms with Crippen LogP contribution in [0.5, 0.6) is 0 Å². The van der Waals surface area contributed by atoms with Crippen molar-refractivity contribution in [2.24, 2.45) is 10.8 Å². The predicted molar refractivity (Wildman–Crippen MR) is 100 cm³/mol. The molecule has 4 fully saturated rings. The highest BCUT2D eigenvalue weighted by Crippen LogP contribution is 2.57. The van der Waals surface area contributed by atoms with Gasteiger partial charge in [0.1, 0.15) is 5.82 Å². The van der Waals surface area contributed by atoms with Gasteiger partial charge in [-0.15, -0.1) is 11.8 Å². The van der Waals surface area contributed by atoms with Gasteiger partial charge in [0.25, 0.3) is 0 Å². The van der Waals surface area contributed by atoms with Crippen molar-refractivity contribution in [2.45, 2.75) is 68.9 Å². The van der Waals surface area contributed by atoms with Gasteiger partial charge in [0.15, 0.2) is 0 Å². The number of nitrogens with zero attached hydrogens (tertiary/aromatic N) is 1. The molecule has 3 saturated carbocycles. The number of hydrogen-bond donors (Lipinski definition) is 0. The molecule has 2 nitrogen and oxygen atoms in total. The predicted octanol–water partition coefficient (Wildman–Crippen LogP) is 5.19. The van der Waals surface area contributed by atoms with Gasteiger partial charge in [-0.05, 0) is 75.0 Å². The van der Waals surface area contributed by atoms with Crippen LogP contribution in [0.3, 0.4) is 0 Å². The summed E-state index contributed by atoms with van der Waals surface area (Å²) in [7, 11) is 0. The van der Waals surface area contributed by atoms with Crippen LogP contribution in [0.25, 0.3) is 0 Å². The van der Waals surface area contributed by atoms with Crippen LogP contribution in [0.2, 0.25) is 0 Å². The molecule has 25 heavy (non-hydrogen) atoms. The summed E-state index contributed by atoms with van der Waals surface area (Å²) < 4.78 is 13.8. The van der Waals surface area contributed by atoms with Crippen molar-refractivity contribution in [3.05, 3.63) is 29.6 Å². The smallest absolute Gasteiger partial charge is 0.228 e. The van der Waals surface area contributed by atoms with Gasteiger partial charge in [-0.25, -0.2) is 4.39 Å². The Kier molecular flexibility index (Phi) is 4.38. The molecule has 1 aliphatic heterocycles. The van der Waals surface area contributed by atoms with Crippen molar-refractivity contribution in [1.29, 1.82) is 0 Å². The Bertz CT molecular complexity index is 664. The lowest BCUT2D eigenvalue weighted by atomic mass is 9.54. The van der Waals surface area contributed by atoms with Crippen molar-refractivity contribution in [3.63, 3.8) is 0 Å². The summed E-state index contributed by atoms with van der Waals surface area (Å²) in [6.07, 6.45) is 7.91. The molecule has 1 unspecified atom stereocenters. The Balaban J connectivity index is 1.39. The first-order chi connectivity index (χ1) is 11.9. The van der Waals surface area contributed by atoms with E-state index in [0.29, 0.717) is 22.1 Å². The van der Waals surface area contributed by atoms with Crippen LogP contribution in [0, 0.1) is 23.6 Å². The average Bonchev–Trinajstić information content (AvgIpc) is 3.07. The van der Waals surface area contributed by atoms with Gasteiger partial charge in [-0.2, -0.15) is 0 Å². The Hall–Kier alpha value is -1.03. The average molecular weight is 362 g/mol. The lowest BCUT2D eigenvalue weighted by molar-refractivity contribution is -0.150. The van der Waals surface area contributed by atoms with Crippen LogP contribution in [0.1, 0.15) is 57.4 Å². The van der Waals surface area contributed by atoms with E-state index < -0.39 is 0 Å². The molecule has 136 valence electrons. The summed E-state index contributed by atoms with van der Waals surface area (Å²) in [6, 6.07) is 5.47. The van der Waals surface area contributed by atoms with Crippen LogP contribution in [0.4, 0.5) is 4.39 Å². The highest BCUT2D eigenvalue weighted by atomic mass is 32.2. The minimum Gasteiger partial charge on any atom is -0.341 e. The first-order valence-electron chi connectivity index (χ1n) is 9.61. The molecule has 4 heteroatoms. The van der Waals surface area contributed by atoms with Crippen molar-refractivity contribution in [2.75, 3.05) is 13.1 Å². The number of carbonyl (C=O) groups excluding carboxylic acids is 1. The zero-order valence-corrected chi connectivity index (χ0v) is 16.1. The third kappa shape index (κ3) is 3.22. The van der Waals surface area contributed by atoms with Gasteiger partial charge in [0.2, 0.25) is 5.91 Å². The second-order valence-electron chi connectivity index (χ2n) is 8.78. The first-order valence-corrected chi connectivity index (χ1v) is 10.5. The molecule has 1 aromatic carbocycles. The van der Waals surface area contributed by atoms with E-state index in [2.05, 4.69) is 11.8 Å². The highest BCUT2D eigenvalue weighted by molar-refractivity contribution is 8.00. The van der Waals surface area contributed by atoms with Crippen LogP contribution in [-0.2, 0) is 4.79 Å². The molecule has 5 rings (SSSR count). The second kappa shape index (κ2) is 6.29. The van der Waals surface area contributed by atoms with Gasteiger partial charge in [-0.3, -0.25) is 4.79 Å². The number of rotatable bonds is 3. The quantitative estimate of drug-likeness (QED) is 0.738. The summed E-state index contributed by atoms with van der Waals surface area (Å²) in [5, 5.41) is 0.389. The lowest BCUT2D eigenvalue weighted by Gasteiger charge is -2.52. The minimum atomic E-state index is -0.137. The monoisotopic (exact) mass is 361 g/mol. The molecular formula is C21H28FNOS. The number of carbonyl (C=O) groups is 1. The fraction of sp³-hybridized carbons (Fsp3) is 0.667. The normalized spacial score (nSPS) is 34.5. The van der Waals surface area contributed by atoms with Crippen molar-refractivity contribution in [3.8, 4) is 0 Å². The highest BCUT2D eigenvalue weighted by Gasteiger charge is 2.52. The van der Waals surface area contributed by atoms with Gasteiger partial charge in [0, 0.05) is 28.6 Å². The maximum Gasteiger partial charge on any atom is 0.228 e. The summed E-state index contributed by atoms with van der Waals surface area (Å²) in [5.41, 5.74) is 1.13. The Labute approximate surface area is 154 Å². The summed E-state index contributed by atoms with van der Waals surface area (Å²) >= 11 is 1.72. The molecule has 0 N–H and O–H groups in total. The van der Waals surface area contributed by atoms with Crippen LogP contribution in [-0.4, -0.2) is 29.1 Å². The topological polar surface area (TPSA) is 20.3 Å². The second-order valence-corrected chi connectivity index (χ2v) is 10.2. The number of benzene rings is 1. The van der Waals surface area contributed by atoms with E-state index in [1.807, 2.05) is 12.1 Å². The fourth-order valence-electron chi connectivity index (χ4n) is 4.88. The van der Waals surface area contributed by atoms with Gasteiger partial charge >= 0.3 is 0 Å². The van der Waals surface area contributed by atoms with Gasteiger partial charge in [-0.1, -0.05) is 13.0 Å². The van der Waals surface area contributed by atoms with Crippen LogP contribution in [0.15, 0.2) is 23.1 Å². The number of fused-ring (bicyclic) bond motifs is 3. The number of amides is 1. The van der Waals surface area contributed by atoms with Gasteiger partial charge in [0.05, 0.1) is 0 Å². The molecule has 3 aliphatic carbocycles.